The minimum atomic E-state index is -2.70. The second-order valence-electron chi connectivity index (χ2n) is 6.88. The second kappa shape index (κ2) is 21.8. The molecule has 0 aromatic rings. The summed E-state index contributed by atoms with van der Waals surface area (Å²) in [6.07, 6.45) is 12.1. The van der Waals surface area contributed by atoms with E-state index in [0.29, 0.717) is 6.42 Å². The molecule has 0 saturated carbocycles. The first-order chi connectivity index (χ1) is 13.0. The fourth-order valence-electron chi connectivity index (χ4n) is 2.66. The zero-order valence-corrected chi connectivity index (χ0v) is 20.9. The fourth-order valence-corrected chi connectivity index (χ4v) is 3.15. The van der Waals surface area contributed by atoms with Crippen LogP contribution in [0, 0.1) is 0 Å². The molecule has 6 nitrogen and oxygen atoms in total. The Labute approximate surface area is 196 Å². The molecule has 0 aliphatic rings. The summed E-state index contributed by atoms with van der Waals surface area (Å²) >= 11 is -2.70. The first kappa shape index (κ1) is 30.2. The maximum absolute atomic E-state index is 11.9. The molecule has 0 saturated heterocycles. The van der Waals surface area contributed by atoms with Crippen LogP contribution in [0.25, 0.3) is 0 Å². The molecule has 0 N–H and O–H groups in total. The molecule has 28 heavy (non-hydrogen) atoms. The van der Waals surface area contributed by atoms with Crippen LogP contribution in [0.4, 0.5) is 0 Å². The van der Waals surface area contributed by atoms with Gasteiger partial charge in [-0.15, -0.1) is 0 Å². The SMILES string of the molecule is CCCCCCCCOC(=O)CC(C(=O)OCCCCCCCC)S(=O)[O-].[H-].[Na+]. The van der Waals surface area contributed by atoms with Gasteiger partial charge < -0.3 is 15.5 Å². The molecule has 2 unspecified atom stereocenters. The van der Waals surface area contributed by atoms with E-state index < -0.39 is 34.7 Å². The number of carbonyl (C=O) groups is 2. The summed E-state index contributed by atoms with van der Waals surface area (Å²) in [5, 5.41) is -1.48. The molecule has 0 aliphatic carbocycles. The summed E-state index contributed by atoms with van der Waals surface area (Å²) in [7, 11) is 0. The Hall–Kier alpha value is 0.0500. The van der Waals surface area contributed by atoms with E-state index in [1.807, 2.05) is 0 Å². The second-order valence-corrected chi connectivity index (χ2v) is 7.97. The first-order valence-electron chi connectivity index (χ1n) is 10.4. The van der Waals surface area contributed by atoms with Crippen LogP contribution in [0.15, 0.2) is 0 Å². The van der Waals surface area contributed by atoms with E-state index in [2.05, 4.69) is 13.8 Å². The fraction of sp³-hybridized carbons (Fsp3) is 0.900. The van der Waals surface area contributed by atoms with Gasteiger partial charge in [0.2, 0.25) is 0 Å². The van der Waals surface area contributed by atoms with Crippen LogP contribution in [0.3, 0.4) is 0 Å². The van der Waals surface area contributed by atoms with Crippen molar-refractivity contribution >= 4 is 23.0 Å². The monoisotopic (exact) mass is 429 g/mol. The van der Waals surface area contributed by atoms with Crippen molar-refractivity contribution in [2.24, 2.45) is 0 Å². The Morgan fingerprint density at radius 1 is 0.821 bits per heavy atom. The Morgan fingerprint density at radius 3 is 1.71 bits per heavy atom. The van der Waals surface area contributed by atoms with Gasteiger partial charge in [0.15, 0.2) is 0 Å². The van der Waals surface area contributed by atoms with Gasteiger partial charge in [0.25, 0.3) is 0 Å². The van der Waals surface area contributed by atoms with E-state index >= 15 is 0 Å². The van der Waals surface area contributed by atoms with Gasteiger partial charge in [-0.2, -0.15) is 0 Å². The molecule has 0 radical (unpaired) electrons. The van der Waals surface area contributed by atoms with Crippen LogP contribution >= 0.6 is 0 Å². The summed E-state index contributed by atoms with van der Waals surface area (Å²) in [6.45, 7) is 4.74. The largest absolute Gasteiger partial charge is 1.00 e. The van der Waals surface area contributed by atoms with Gasteiger partial charge in [-0.05, 0) is 23.9 Å². The standard InChI is InChI=1S/C20H38O6S.Na.H/c1-3-5-7-9-11-13-15-25-19(21)17-18(27(23)24)20(22)26-16-14-12-10-8-6-4-2;;/h18H,3-17H2,1-2H3,(H,23,24);;/q;+1;-1/p-1. The van der Waals surface area contributed by atoms with Gasteiger partial charge in [0.1, 0.15) is 5.25 Å². The molecule has 0 aliphatic heterocycles. The molecular weight excluding hydrogens is 391 g/mol. The van der Waals surface area contributed by atoms with Crippen molar-refractivity contribution in [1.29, 1.82) is 0 Å². The zero-order valence-electron chi connectivity index (χ0n) is 19.0. The molecule has 0 fully saturated rings. The van der Waals surface area contributed by atoms with Gasteiger partial charge in [0.05, 0.1) is 19.6 Å². The van der Waals surface area contributed by atoms with Crippen LogP contribution < -0.4 is 29.6 Å². The van der Waals surface area contributed by atoms with E-state index in [9.17, 15) is 18.4 Å². The van der Waals surface area contributed by atoms with Crippen molar-refractivity contribution in [3.05, 3.63) is 0 Å². The first-order valence-corrected chi connectivity index (χ1v) is 11.6. The van der Waals surface area contributed by atoms with E-state index in [4.69, 9.17) is 9.47 Å². The van der Waals surface area contributed by atoms with Gasteiger partial charge >= 0.3 is 41.5 Å². The predicted octanol–water partition coefficient (Wildman–Crippen LogP) is 1.55. The van der Waals surface area contributed by atoms with Gasteiger partial charge in [-0.3, -0.25) is 13.8 Å². The van der Waals surface area contributed by atoms with Crippen LogP contribution in [-0.2, 0) is 30.1 Å². The van der Waals surface area contributed by atoms with Gasteiger partial charge in [-0.25, -0.2) is 0 Å². The molecule has 0 amide bonds. The molecule has 0 aromatic heterocycles. The number of unbranched alkanes of at least 4 members (excludes halogenated alkanes) is 10. The molecule has 8 heteroatoms. The predicted molar refractivity (Wildman–Crippen MR) is 107 cm³/mol. The summed E-state index contributed by atoms with van der Waals surface area (Å²) in [5.41, 5.74) is 0. The molecule has 0 bridgehead atoms. The molecular formula is C20H38NaO6S-. The average Bonchev–Trinajstić information content (AvgIpc) is 2.64. The summed E-state index contributed by atoms with van der Waals surface area (Å²) in [6, 6.07) is 0. The molecule has 2 atom stereocenters. The van der Waals surface area contributed by atoms with Crippen molar-refractivity contribution in [2.45, 2.75) is 103 Å². The van der Waals surface area contributed by atoms with E-state index in [1.54, 1.807) is 0 Å². The average molecular weight is 430 g/mol. The maximum atomic E-state index is 11.9. The van der Waals surface area contributed by atoms with Crippen molar-refractivity contribution in [1.82, 2.24) is 0 Å². The van der Waals surface area contributed by atoms with Crippen molar-refractivity contribution in [3.63, 3.8) is 0 Å². The van der Waals surface area contributed by atoms with Crippen molar-refractivity contribution in [2.75, 3.05) is 13.2 Å². The third-order valence-corrected chi connectivity index (χ3v) is 5.17. The topological polar surface area (TPSA) is 92.7 Å². The number of hydrogen-bond donors (Lipinski definition) is 0. The van der Waals surface area contributed by atoms with E-state index in [-0.39, 0.29) is 44.2 Å². The zero-order chi connectivity index (χ0) is 20.3. The molecule has 162 valence electrons. The Kier molecular flexibility index (Phi) is 23.5. The number of carbonyl (C=O) groups excluding carboxylic acids is 2. The van der Waals surface area contributed by atoms with Crippen molar-refractivity contribution < 1.29 is 58.8 Å². The third kappa shape index (κ3) is 18.1. The minimum absolute atomic E-state index is 0. The number of ether oxygens (including phenoxy) is 2. The van der Waals surface area contributed by atoms with Crippen LogP contribution in [-0.4, -0.2) is 39.2 Å². The van der Waals surface area contributed by atoms with Crippen LogP contribution in [0.2, 0.25) is 0 Å². The quantitative estimate of drug-likeness (QED) is 0.142. The van der Waals surface area contributed by atoms with Crippen molar-refractivity contribution in [3.8, 4) is 0 Å². The van der Waals surface area contributed by atoms with E-state index in [1.165, 1.54) is 32.1 Å². The number of rotatable bonds is 18. The maximum Gasteiger partial charge on any atom is 1.00 e. The summed E-state index contributed by atoms with van der Waals surface area (Å²) in [4.78, 5) is 23.7. The van der Waals surface area contributed by atoms with Gasteiger partial charge in [-0.1, -0.05) is 78.1 Å². The normalized spacial score (nSPS) is 12.7. The Balaban J connectivity index is -0.00000338. The molecule has 0 aromatic carbocycles. The molecule has 0 spiro atoms. The Morgan fingerprint density at radius 2 is 1.25 bits per heavy atom. The molecule has 0 heterocycles. The summed E-state index contributed by atoms with van der Waals surface area (Å²) < 4.78 is 32.6. The molecule has 0 rings (SSSR count). The number of esters is 2. The third-order valence-electron chi connectivity index (χ3n) is 4.35. The van der Waals surface area contributed by atoms with E-state index in [0.717, 1.165) is 38.5 Å². The smallest absolute Gasteiger partial charge is 1.00 e. The van der Waals surface area contributed by atoms with Crippen LogP contribution in [0.1, 0.15) is 98.7 Å². The number of hydrogen-bond acceptors (Lipinski definition) is 6. The van der Waals surface area contributed by atoms with Crippen LogP contribution in [0.5, 0.6) is 0 Å². The summed E-state index contributed by atoms with van der Waals surface area (Å²) in [5.74, 6) is -1.54. The Bertz CT molecular complexity index is 426. The van der Waals surface area contributed by atoms with Gasteiger partial charge in [0, 0.05) is 0 Å². The minimum Gasteiger partial charge on any atom is -1.00 e.